The van der Waals surface area contributed by atoms with Crippen LogP contribution in [0.1, 0.15) is 18.9 Å². The highest BCUT2D eigenvalue weighted by molar-refractivity contribution is 5.88. The molecule has 1 aliphatic rings. The number of aryl methyl sites for hydroxylation is 2. The summed E-state index contributed by atoms with van der Waals surface area (Å²) in [6.07, 6.45) is 1.84. The van der Waals surface area contributed by atoms with Gasteiger partial charge in [0.1, 0.15) is 17.7 Å². The highest BCUT2D eigenvalue weighted by Gasteiger charge is 2.33. The second kappa shape index (κ2) is 8.57. The maximum absolute atomic E-state index is 12.1. The fourth-order valence-corrected chi connectivity index (χ4v) is 2.94. The van der Waals surface area contributed by atoms with Gasteiger partial charge in [0.25, 0.3) is 0 Å². The summed E-state index contributed by atoms with van der Waals surface area (Å²) in [6.45, 7) is 3.25. The Morgan fingerprint density at radius 3 is 2.78 bits per heavy atom. The molecule has 1 aliphatic heterocycles. The highest BCUT2D eigenvalue weighted by atomic mass is 16.6. The minimum Gasteiger partial charge on any atom is -0.494 e. The van der Waals surface area contributed by atoms with Crippen LogP contribution in [0.15, 0.2) is 36.5 Å². The topological polar surface area (TPSA) is 85.7 Å². The van der Waals surface area contributed by atoms with E-state index in [-0.39, 0.29) is 12.0 Å². The minimum absolute atomic E-state index is 0.0704. The van der Waals surface area contributed by atoms with Crippen molar-refractivity contribution in [2.24, 2.45) is 7.05 Å². The number of carbonyl (C=O) groups excluding carboxylic acids is 2. The summed E-state index contributed by atoms with van der Waals surface area (Å²) in [5.41, 5.74) is 1.07. The molecule has 0 bridgehead atoms. The van der Waals surface area contributed by atoms with Crippen molar-refractivity contribution in [1.82, 2.24) is 15.1 Å². The van der Waals surface area contributed by atoms with Crippen molar-refractivity contribution in [1.29, 1.82) is 0 Å². The maximum atomic E-state index is 12.1. The first-order chi connectivity index (χ1) is 13.1. The summed E-state index contributed by atoms with van der Waals surface area (Å²) in [7, 11) is 1.76. The molecule has 0 saturated carbocycles. The molecule has 1 aromatic heterocycles. The van der Waals surface area contributed by atoms with E-state index in [1.807, 2.05) is 31.2 Å². The summed E-state index contributed by atoms with van der Waals surface area (Å²) in [5.74, 6) is 1.43. The van der Waals surface area contributed by atoms with E-state index in [2.05, 4.69) is 10.4 Å². The van der Waals surface area contributed by atoms with Gasteiger partial charge in [0.05, 0.1) is 25.9 Å². The number of nitrogens with one attached hydrogen (secondary N) is 1. The molecule has 1 fully saturated rings. The van der Waals surface area contributed by atoms with Gasteiger partial charge in [0, 0.05) is 19.5 Å². The Balaban J connectivity index is 1.42. The number of benzene rings is 1. The summed E-state index contributed by atoms with van der Waals surface area (Å²) >= 11 is 0. The fourth-order valence-electron chi connectivity index (χ4n) is 2.94. The Hall–Kier alpha value is -3.03. The van der Waals surface area contributed by atoms with Crippen LogP contribution in [-0.2, 0) is 23.0 Å². The van der Waals surface area contributed by atoms with Crippen molar-refractivity contribution < 1.29 is 19.1 Å². The first kappa shape index (κ1) is 18.8. The van der Waals surface area contributed by atoms with Gasteiger partial charge in [-0.15, -0.1) is 0 Å². The number of aromatic nitrogens is 2. The fraction of sp³-hybridized carbons (Fsp3) is 0.421. The monoisotopic (exact) mass is 372 g/mol. The SMILES string of the molecule is CCOc1ccc(CCC(=O)NCC2CN(c3ccnn3C)C(=O)O2)cc1. The van der Waals surface area contributed by atoms with Gasteiger partial charge in [-0.3, -0.25) is 14.4 Å². The molecule has 8 nitrogen and oxygen atoms in total. The zero-order chi connectivity index (χ0) is 19.2. The molecule has 1 unspecified atom stereocenters. The van der Waals surface area contributed by atoms with Crippen LogP contribution in [-0.4, -0.2) is 47.6 Å². The molecule has 2 heterocycles. The van der Waals surface area contributed by atoms with Crippen LogP contribution in [0.2, 0.25) is 0 Å². The van der Waals surface area contributed by atoms with Gasteiger partial charge >= 0.3 is 6.09 Å². The first-order valence-electron chi connectivity index (χ1n) is 9.01. The zero-order valence-corrected chi connectivity index (χ0v) is 15.6. The summed E-state index contributed by atoms with van der Waals surface area (Å²) in [4.78, 5) is 25.6. The second-order valence-corrected chi connectivity index (χ2v) is 6.31. The van der Waals surface area contributed by atoms with Crippen molar-refractivity contribution in [2.75, 3.05) is 24.6 Å². The third-order valence-electron chi connectivity index (χ3n) is 4.35. The van der Waals surface area contributed by atoms with E-state index in [0.717, 1.165) is 11.3 Å². The standard InChI is InChI=1S/C19H24N4O4/c1-3-26-15-7-4-14(5-8-15)6-9-17(24)20-12-16-13-23(19(25)27-16)18-10-11-21-22(18)2/h4-5,7-8,10-11,16H,3,6,9,12-13H2,1-2H3,(H,20,24). The number of nitrogens with zero attached hydrogens (tertiary/aromatic N) is 3. The van der Waals surface area contributed by atoms with Crippen LogP contribution in [0.25, 0.3) is 0 Å². The average molecular weight is 372 g/mol. The number of carbonyl (C=O) groups is 2. The Morgan fingerprint density at radius 1 is 1.33 bits per heavy atom. The average Bonchev–Trinajstić information content (AvgIpc) is 3.24. The van der Waals surface area contributed by atoms with E-state index >= 15 is 0 Å². The van der Waals surface area contributed by atoms with Gasteiger partial charge in [-0.2, -0.15) is 5.10 Å². The molecule has 1 N–H and O–H groups in total. The van der Waals surface area contributed by atoms with Crippen LogP contribution in [0.3, 0.4) is 0 Å². The quantitative estimate of drug-likeness (QED) is 0.765. The van der Waals surface area contributed by atoms with Crippen LogP contribution in [0, 0.1) is 0 Å². The van der Waals surface area contributed by atoms with E-state index in [4.69, 9.17) is 9.47 Å². The predicted octanol–water partition coefficient (Wildman–Crippen LogP) is 1.89. The number of hydrogen-bond acceptors (Lipinski definition) is 5. The maximum Gasteiger partial charge on any atom is 0.416 e. The van der Waals surface area contributed by atoms with Crippen LogP contribution in [0.5, 0.6) is 5.75 Å². The predicted molar refractivity (Wildman–Crippen MR) is 99.8 cm³/mol. The van der Waals surface area contributed by atoms with Gasteiger partial charge in [-0.05, 0) is 31.0 Å². The smallest absolute Gasteiger partial charge is 0.416 e. The molecule has 8 heteroatoms. The highest BCUT2D eigenvalue weighted by Crippen LogP contribution is 2.20. The van der Waals surface area contributed by atoms with E-state index < -0.39 is 6.09 Å². The van der Waals surface area contributed by atoms with Crippen LogP contribution in [0.4, 0.5) is 10.6 Å². The molecule has 0 aliphatic carbocycles. The molecular formula is C19H24N4O4. The largest absolute Gasteiger partial charge is 0.494 e. The van der Waals surface area contributed by atoms with Gasteiger partial charge in [-0.25, -0.2) is 4.79 Å². The third kappa shape index (κ3) is 4.78. The number of ether oxygens (including phenoxy) is 2. The minimum atomic E-state index is -0.424. The van der Waals surface area contributed by atoms with Crippen molar-refractivity contribution in [3.63, 3.8) is 0 Å². The Morgan fingerprint density at radius 2 is 2.11 bits per heavy atom. The van der Waals surface area contributed by atoms with E-state index in [1.165, 1.54) is 4.90 Å². The Labute approximate surface area is 158 Å². The molecule has 0 spiro atoms. The molecule has 1 aromatic carbocycles. The number of cyclic esters (lactones) is 1. The lowest BCUT2D eigenvalue weighted by Gasteiger charge is -2.12. The molecule has 2 aromatic rings. The van der Waals surface area contributed by atoms with Gasteiger partial charge in [0.2, 0.25) is 5.91 Å². The Kier molecular flexibility index (Phi) is 5.95. The molecule has 3 rings (SSSR count). The first-order valence-corrected chi connectivity index (χ1v) is 9.01. The van der Waals surface area contributed by atoms with Gasteiger partial charge in [-0.1, -0.05) is 12.1 Å². The zero-order valence-electron chi connectivity index (χ0n) is 15.6. The number of hydrogen-bond donors (Lipinski definition) is 1. The lowest BCUT2D eigenvalue weighted by atomic mass is 10.1. The van der Waals surface area contributed by atoms with E-state index in [1.54, 1.807) is 24.0 Å². The molecule has 1 atom stereocenters. The summed E-state index contributed by atoms with van der Waals surface area (Å²) in [6, 6.07) is 9.48. The van der Waals surface area contributed by atoms with E-state index in [0.29, 0.717) is 38.4 Å². The number of anilines is 1. The summed E-state index contributed by atoms with van der Waals surface area (Å²) < 4.78 is 12.3. The molecular weight excluding hydrogens is 348 g/mol. The second-order valence-electron chi connectivity index (χ2n) is 6.31. The van der Waals surface area contributed by atoms with Crippen molar-refractivity contribution in [3.8, 4) is 5.75 Å². The normalized spacial score (nSPS) is 16.3. The van der Waals surface area contributed by atoms with Crippen LogP contribution >= 0.6 is 0 Å². The molecule has 2 amide bonds. The van der Waals surface area contributed by atoms with Crippen molar-refractivity contribution in [2.45, 2.75) is 25.9 Å². The van der Waals surface area contributed by atoms with Gasteiger partial charge in [0.15, 0.2) is 0 Å². The molecule has 27 heavy (non-hydrogen) atoms. The van der Waals surface area contributed by atoms with Gasteiger partial charge < -0.3 is 14.8 Å². The number of rotatable bonds is 8. The van der Waals surface area contributed by atoms with Crippen LogP contribution < -0.4 is 15.0 Å². The summed E-state index contributed by atoms with van der Waals surface area (Å²) in [5, 5.41) is 6.89. The Bertz CT molecular complexity index is 787. The third-order valence-corrected chi connectivity index (χ3v) is 4.35. The molecule has 1 saturated heterocycles. The van der Waals surface area contributed by atoms with Crippen molar-refractivity contribution >= 4 is 17.8 Å². The lowest BCUT2D eigenvalue weighted by molar-refractivity contribution is -0.121. The lowest BCUT2D eigenvalue weighted by Crippen LogP contribution is -2.35. The molecule has 144 valence electrons. The van der Waals surface area contributed by atoms with E-state index in [9.17, 15) is 9.59 Å². The molecule has 0 radical (unpaired) electrons. The van der Waals surface area contributed by atoms with Crippen molar-refractivity contribution in [3.05, 3.63) is 42.1 Å². The number of amides is 2.